The van der Waals surface area contributed by atoms with Gasteiger partial charge in [-0.15, -0.1) is 0 Å². The van der Waals surface area contributed by atoms with Gasteiger partial charge < -0.3 is 25.2 Å². The Labute approximate surface area is 279 Å². The smallest absolute Gasteiger partial charge is 0.336 e. The molecule has 0 aromatic heterocycles. The lowest BCUT2D eigenvalue weighted by atomic mass is 9.89. The Hall–Kier alpha value is -6.86. The van der Waals surface area contributed by atoms with E-state index in [1.54, 1.807) is 60.7 Å². The number of carboxylic acid groups (broad SMARTS) is 2. The Morgan fingerprint density at radius 3 is 1.10 bits per heavy atom. The van der Waals surface area contributed by atoms with Crippen molar-refractivity contribution in [3.8, 4) is 45.3 Å². The highest BCUT2D eigenvalue weighted by Gasteiger charge is 2.25. The third-order valence-corrected chi connectivity index (χ3v) is 9.04. The number of phenolic OH excluding ortho intramolecular Hbond substituents is 2. The van der Waals surface area contributed by atoms with Gasteiger partial charge in [0.15, 0.2) is 0 Å². The van der Waals surface area contributed by atoms with Crippen molar-refractivity contribution in [2.45, 2.75) is 0 Å². The quantitative estimate of drug-likeness (QED) is 0.142. The van der Waals surface area contributed by atoms with E-state index in [-0.39, 0.29) is 34.1 Å². The minimum atomic E-state index is -1.15. The van der Waals surface area contributed by atoms with Gasteiger partial charge in [-0.05, 0) is 79.8 Å². The lowest BCUT2D eigenvalue weighted by molar-refractivity contribution is 0.0688. The standard InChI is InChI=1S/C42H26O7/c43-35-19-17-31(23-9-1-5-13-27(23)35)39-29-15-7-3-11-25(29)33(41(45)46)21-37(39)49-38-22-34(42(47)48)26-12-4-8-16-30(26)40(38)32-18-20-36(44)28-14-6-2-10-24(28)32/h1-22,43-44H,(H,45,46)(H,47,48). The van der Waals surface area contributed by atoms with Crippen LogP contribution in [-0.4, -0.2) is 32.4 Å². The van der Waals surface area contributed by atoms with Crippen molar-refractivity contribution >= 4 is 55.0 Å². The van der Waals surface area contributed by atoms with Crippen LogP contribution in [-0.2, 0) is 0 Å². The second-order valence-electron chi connectivity index (χ2n) is 11.8. The fourth-order valence-corrected chi connectivity index (χ4v) is 6.89. The zero-order valence-electron chi connectivity index (χ0n) is 25.7. The molecule has 0 spiro atoms. The van der Waals surface area contributed by atoms with Gasteiger partial charge in [0.2, 0.25) is 0 Å². The number of ether oxygens (including phenoxy) is 1. The van der Waals surface area contributed by atoms with Gasteiger partial charge in [0.05, 0.1) is 11.1 Å². The molecule has 0 radical (unpaired) electrons. The zero-order valence-corrected chi connectivity index (χ0v) is 25.7. The molecule has 7 nitrogen and oxygen atoms in total. The summed E-state index contributed by atoms with van der Waals surface area (Å²) in [6.45, 7) is 0. The number of rotatable bonds is 6. The Kier molecular flexibility index (Phi) is 6.89. The first-order chi connectivity index (χ1) is 23.8. The highest BCUT2D eigenvalue weighted by atomic mass is 16.5. The molecule has 0 unspecified atom stereocenters. The van der Waals surface area contributed by atoms with Crippen LogP contribution in [0.15, 0.2) is 133 Å². The van der Waals surface area contributed by atoms with Crippen molar-refractivity contribution in [1.82, 2.24) is 0 Å². The molecular formula is C42H26O7. The molecule has 0 amide bonds. The molecule has 0 atom stereocenters. The van der Waals surface area contributed by atoms with Gasteiger partial charge in [0.1, 0.15) is 23.0 Å². The zero-order chi connectivity index (χ0) is 33.8. The monoisotopic (exact) mass is 642 g/mol. The number of aromatic carboxylic acids is 2. The fourth-order valence-electron chi connectivity index (χ4n) is 6.89. The Morgan fingerprint density at radius 1 is 0.408 bits per heavy atom. The van der Waals surface area contributed by atoms with E-state index >= 15 is 0 Å². The largest absolute Gasteiger partial charge is 0.507 e. The minimum Gasteiger partial charge on any atom is -0.507 e. The second kappa shape index (κ2) is 11.4. The van der Waals surface area contributed by atoms with Crippen molar-refractivity contribution in [2.24, 2.45) is 0 Å². The van der Waals surface area contributed by atoms with Gasteiger partial charge >= 0.3 is 11.9 Å². The van der Waals surface area contributed by atoms with Crippen LogP contribution in [0.5, 0.6) is 23.0 Å². The number of fused-ring (bicyclic) bond motifs is 4. The van der Waals surface area contributed by atoms with E-state index < -0.39 is 11.9 Å². The van der Waals surface area contributed by atoms with E-state index in [4.69, 9.17) is 4.74 Å². The molecule has 0 bridgehead atoms. The van der Waals surface area contributed by atoms with Crippen LogP contribution in [0.25, 0.3) is 65.3 Å². The van der Waals surface area contributed by atoms with Crippen LogP contribution in [0.1, 0.15) is 20.7 Å². The molecule has 8 rings (SSSR count). The Bertz CT molecular complexity index is 2490. The summed E-state index contributed by atoms with van der Waals surface area (Å²) in [5.41, 5.74) is 2.54. The summed E-state index contributed by atoms with van der Waals surface area (Å²) in [4.78, 5) is 25.4. The van der Waals surface area contributed by atoms with Crippen molar-refractivity contribution in [3.63, 3.8) is 0 Å². The number of benzene rings is 8. The van der Waals surface area contributed by atoms with Crippen LogP contribution in [0.4, 0.5) is 0 Å². The molecule has 8 aromatic rings. The van der Waals surface area contributed by atoms with E-state index in [9.17, 15) is 30.0 Å². The summed E-state index contributed by atoms with van der Waals surface area (Å²) >= 11 is 0. The predicted molar refractivity (Wildman–Crippen MR) is 191 cm³/mol. The molecule has 0 heterocycles. The molecule has 49 heavy (non-hydrogen) atoms. The summed E-state index contributed by atoms with van der Waals surface area (Å²) in [5.74, 6) is -1.76. The van der Waals surface area contributed by atoms with Crippen molar-refractivity contribution in [1.29, 1.82) is 0 Å². The average Bonchev–Trinajstić information content (AvgIpc) is 3.12. The van der Waals surface area contributed by atoms with Gasteiger partial charge in [0, 0.05) is 21.9 Å². The summed E-state index contributed by atoms with van der Waals surface area (Å²) in [6, 6.07) is 38.7. The van der Waals surface area contributed by atoms with Gasteiger partial charge in [-0.2, -0.15) is 0 Å². The van der Waals surface area contributed by atoms with Crippen LogP contribution in [0, 0.1) is 0 Å². The Morgan fingerprint density at radius 2 is 0.735 bits per heavy atom. The molecule has 0 fully saturated rings. The molecule has 0 saturated heterocycles. The van der Waals surface area contributed by atoms with Gasteiger partial charge in [0.25, 0.3) is 0 Å². The van der Waals surface area contributed by atoms with Crippen LogP contribution >= 0.6 is 0 Å². The Balaban J connectivity index is 1.51. The molecule has 4 N–H and O–H groups in total. The summed E-state index contributed by atoms with van der Waals surface area (Å²) in [7, 11) is 0. The molecule has 236 valence electrons. The first-order valence-corrected chi connectivity index (χ1v) is 15.5. The maximum absolute atomic E-state index is 12.7. The molecule has 0 aliphatic carbocycles. The third-order valence-electron chi connectivity index (χ3n) is 9.04. The molecular weight excluding hydrogens is 616 g/mol. The topological polar surface area (TPSA) is 124 Å². The van der Waals surface area contributed by atoms with E-state index in [1.165, 1.54) is 12.1 Å². The fraction of sp³-hybridized carbons (Fsp3) is 0. The number of hydrogen-bond donors (Lipinski definition) is 4. The van der Waals surface area contributed by atoms with Crippen LogP contribution in [0.2, 0.25) is 0 Å². The second-order valence-corrected chi connectivity index (χ2v) is 11.8. The normalized spacial score (nSPS) is 11.3. The maximum atomic E-state index is 12.7. The number of hydrogen-bond acceptors (Lipinski definition) is 5. The van der Waals surface area contributed by atoms with E-state index in [2.05, 4.69) is 0 Å². The average molecular weight is 643 g/mol. The number of carbonyl (C=O) groups is 2. The van der Waals surface area contributed by atoms with E-state index in [0.29, 0.717) is 54.6 Å². The molecule has 0 saturated carbocycles. The molecule has 8 aromatic carbocycles. The number of carboxylic acids is 2. The van der Waals surface area contributed by atoms with Crippen molar-refractivity contribution in [3.05, 3.63) is 145 Å². The van der Waals surface area contributed by atoms with Crippen LogP contribution < -0.4 is 4.74 Å². The highest BCUT2D eigenvalue weighted by molar-refractivity contribution is 6.16. The highest BCUT2D eigenvalue weighted by Crippen LogP contribution is 2.49. The van der Waals surface area contributed by atoms with E-state index in [1.807, 2.05) is 60.7 Å². The summed E-state index contributed by atoms with van der Waals surface area (Å²) in [6.07, 6.45) is 0. The van der Waals surface area contributed by atoms with Crippen LogP contribution in [0.3, 0.4) is 0 Å². The minimum absolute atomic E-state index is 0.00770. The van der Waals surface area contributed by atoms with E-state index in [0.717, 1.165) is 10.8 Å². The van der Waals surface area contributed by atoms with Crippen molar-refractivity contribution in [2.75, 3.05) is 0 Å². The first-order valence-electron chi connectivity index (χ1n) is 15.5. The lowest BCUT2D eigenvalue weighted by Crippen LogP contribution is -2.03. The molecule has 0 aliphatic heterocycles. The van der Waals surface area contributed by atoms with Gasteiger partial charge in [-0.1, -0.05) is 97.1 Å². The van der Waals surface area contributed by atoms with Gasteiger partial charge in [-0.3, -0.25) is 0 Å². The third kappa shape index (κ3) is 4.75. The van der Waals surface area contributed by atoms with Crippen molar-refractivity contribution < 1.29 is 34.8 Å². The number of aromatic hydroxyl groups is 2. The first kappa shape index (κ1) is 29.5. The van der Waals surface area contributed by atoms with Gasteiger partial charge in [-0.25, -0.2) is 9.59 Å². The SMILES string of the molecule is O=C(O)c1cc(Oc2cc(C(=O)O)c3ccccc3c2-c2ccc(O)c3ccccc23)c(-c2ccc(O)c3ccccc23)c2ccccc12. The summed E-state index contributed by atoms with van der Waals surface area (Å²) < 4.78 is 6.85. The number of phenols is 2. The maximum Gasteiger partial charge on any atom is 0.336 e. The molecule has 7 heteroatoms. The molecule has 0 aliphatic rings. The lowest BCUT2D eigenvalue weighted by Gasteiger charge is -2.21. The predicted octanol–water partition coefficient (Wildman–Crippen LogP) is 10.2. The summed E-state index contributed by atoms with van der Waals surface area (Å²) in [5, 5.41) is 47.1.